The molecule has 0 atom stereocenters. The Morgan fingerprint density at radius 2 is 1.80 bits per heavy atom. The van der Waals surface area contributed by atoms with E-state index in [1.54, 1.807) is 0 Å². The highest BCUT2D eigenvalue weighted by molar-refractivity contribution is 5.83. The molecule has 0 fully saturated rings. The molecule has 84 valence electrons. The average Bonchev–Trinajstić information content (AvgIpc) is 2.19. The third kappa shape index (κ3) is 10.3. The number of ether oxygens (including phenoxy) is 1. The minimum Gasteiger partial charge on any atom is -0.478 e. The Labute approximate surface area is 87.7 Å². The van der Waals surface area contributed by atoms with Crippen molar-refractivity contribution in [3.05, 3.63) is 24.3 Å². The van der Waals surface area contributed by atoms with Crippen molar-refractivity contribution in [1.29, 1.82) is 0 Å². The van der Waals surface area contributed by atoms with Gasteiger partial charge in [-0.2, -0.15) is 0 Å². The molecule has 15 heavy (non-hydrogen) atoms. The van der Waals surface area contributed by atoms with Gasteiger partial charge in [0.05, 0.1) is 6.61 Å². The molecule has 0 aromatic rings. The normalized spacial score (nSPS) is 11.0. The van der Waals surface area contributed by atoms with Gasteiger partial charge >= 0.3 is 11.9 Å². The van der Waals surface area contributed by atoms with Crippen LogP contribution in [-0.2, 0) is 14.3 Å². The monoisotopic (exact) mass is 214 g/mol. The van der Waals surface area contributed by atoms with Crippen LogP contribution in [-0.4, -0.2) is 35.4 Å². The SMILES string of the molecule is O=C(O)/C=C\C=C/C(=O)OCCCCO. The number of carbonyl (C=O) groups excluding carboxylic acids is 1. The number of carboxylic acid groups (broad SMARTS) is 1. The number of allylic oxidation sites excluding steroid dienone is 2. The Morgan fingerprint density at radius 3 is 2.40 bits per heavy atom. The van der Waals surface area contributed by atoms with Crippen molar-refractivity contribution < 1.29 is 24.5 Å². The van der Waals surface area contributed by atoms with Gasteiger partial charge in [-0.15, -0.1) is 0 Å². The molecule has 0 aliphatic rings. The zero-order valence-corrected chi connectivity index (χ0v) is 8.26. The summed E-state index contributed by atoms with van der Waals surface area (Å²) in [6.07, 6.45) is 5.78. The number of hydrogen-bond acceptors (Lipinski definition) is 4. The van der Waals surface area contributed by atoms with E-state index in [9.17, 15) is 9.59 Å². The largest absolute Gasteiger partial charge is 0.478 e. The maximum atomic E-state index is 10.9. The van der Waals surface area contributed by atoms with Crippen LogP contribution in [0.15, 0.2) is 24.3 Å². The quantitative estimate of drug-likeness (QED) is 0.279. The lowest BCUT2D eigenvalue weighted by Gasteiger charge is -1.99. The van der Waals surface area contributed by atoms with Gasteiger partial charge in [0.2, 0.25) is 0 Å². The van der Waals surface area contributed by atoms with Crippen molar-refractivity contribution in [3.8, 4) is 0 Å². The summed E-state index contributed by atoms with van der Waals surface area (Å²) < 4.78 is 4.73. The van der Waals surface area contributed by atoms with E-state index in [1.807, 2.05) is 0 Å². The number of rotatable bonds is 7. The van der Waals surface area contributed by atoms with Gasteiger partial charge in [-0.25, -0.2) is 9.59 Å². The van der Waals surface area contributed by atoms with E-state index in [-0.39, 0.29) is 13.2 Å². The molecule has 0 heterocycles. The van der Waals surface area contributed by atoms with Gasteiger partial charge in [0.15, 0.2) is 0 Å². The molecule has 0 aliphatic heterocycles. The molecule has 0 bridgehead atoms. The van der Waals surface area contributed by atoms with Gasteiger partial charge < -0.3 is 14.9 Å². The van der Waals surface area contributed by atoms with Crippen LogP contribution in [0.2, 0.25) is 0 Å². The second kappa shape index (κ2) is 8.96. The lowest BCUT2D eigenvalue weighted by atomic mass is 10.3. The zero-order chi connectivity index (χ0) is 11.5. The molecule has 0 unspecified atom stereocenters. The minimum absolute atomic E-state index is 0.0781. The van der Waals surface area contributed by atoms with Crippen molar-refractivity contribution in [3.63, 3.8) is 0 Å². The molecular formula is C10H14O5. The fourth-order valence-electron chi connectivity index (χ4n) is 0.707. The highest BCUT2D eigenvalue weighted by atomic mass is 16.5. The standard InChI is InChI=1S/C10H14O5/c11-7-3-4-8-15-10(14)6-2-1-5-9(12)13/h1-2,5-6,11H,3-4,7-8H2,(H,12,13)/b5-1-,6-2-. The van der Waals surface area contributed by atoms with Crippen LogP contribution in [0.3, 0.4) is 0 Å². The lowest BCUT2D eigenvalue weighted by molar-refractivity contribution is -0.138. The highest BCUT2D eigenvalue weighted by Crippen LogP contribution is 1.90. The summed E-state index contributed by atoms with van der Waals surface area (Å²) in [6.45, 7) is 0.334. The predicted molar refractivity (Wildman–Crippen MR) is 53.2 cm³/mol. The van der Waals surface area contributed by atoms with E-state index in [0.29, 0.717) is 12.8 Å². The maximum Gasteiger partial charge on any atom is 0.330 e. The van der Waals surface area contributed by atoms with Gasteiger partial charge in [0.1, 0.15) is 0 Å². The second-order valence-corrected chi connectivity index (χ2v) is 2.65. The summed E-state index contributed by atoms with van der Waals surface area (Å²) >= 11 is 0. The van der Waals surface area contributed by atoms with Crippen molar-refractivity contribution in [2.24, 2.45) is 0 Å². The molecule has 0 saturated heterocycles. The van der Waals surface area contributed by atoms with Crippen LogP contribution in [0, 0.1) is 0 Å². The molecule has 0 aromatic heterocycles. The van der Waals surface area contributed by atoms with Crippen LogP contribution >= 0.6 is 0 Å². The molecule has 5 nitrogen and oxygen atoms in total. The van der Waals surface area contributed by atoms with Crippen LogP contribution in [0.25, 0.3) is 0 Å². The number of aliphatic carboxylic acids is 1. The van der Waals surface area contributed by atoms with Gasteiger partial charge in [-0.05, 0) is 12.8 Å². The number of carbonyl (C=O) groups is 2. The fraction of sp³-hybridized carbons (Fsp3) is 0.400. The van der Waals surface area contributed by atoms with Crippen LogP contribution in [0.4, 0.5) is 0 Å². The van der Waals surface area contributed by atoms with Crippen LogP contribution in [0.5, 0.6) is 0 Å². The first-order valence-electron chi connectivity index (χ1n) is 4.52. The predicted octanol–water partition coefficient (Wildman–Crippen LogP) is 0.499. The van der Waals surface area contributed by atoms with Crippen LogP contribution < -0.4 is 0 Å². The maximum absolute atomic E-state index is 10.9. The van der Waals surface area contributed by atoms with Crippen LogP contribution in [0.1, 0.15) is 12.8 Å². The Kier molecular flexibility index (Phi) is 7.99. The summed E-state index contributed by atoms with van der Waals surface area (Å²) in [5.74, 6) is -1.60. The highest BCUT2D eigenvalue weighted by Gasteiger charge is 1.94. The molecule has 0 spiro atoms. The van der Waals surface area contributed by atoms with Gasteiger partial charge in [0, 0.05) is 18.8 Å². The van der Waals surface area contributed by atoms with E-state index in [2.05, 4.69) is 0 Å². The molecule has 0 saturated carbocycles. The Balaban J connectivity index is 3.60. The molecule has 0 aromatic carbocycles. The molecule has 2 N–H and O–H groups in total. The number of aliphatic hydroxyl groups excluding tert-OH is 1. The molecule has 0 rings (SSSR count). The first-order valence-corrected chi connectivity index (χ1v) is 4.52. The lowest BCUT2D eigenvalue weighted by Crippen LogP contribution is -2.02. The summed E-state index contributed by atoms with van der Waals surface area (Å²) in [5, 5.41) is 16.7. The van der Waals surface area contributed by atoms with E-state index in [4.69, 9.17) is 14.9 Å². The molecule has 0 amide bonds. The van der Waals surface area contributed by atoms with Crippen molar-refractivity contribution >= 4 is 11.9 Å². The summed E-state index contributed by atoms with van der Waals surface area (Å²) in [7, 11) is 0. The minimum atomic E-state index is -1.07. The number of hydrogen-bond donors (Lipinski definition) is 2. The van der Waals surface area contributed by atoms with E-state index in [0.717, 1.165) is 12.2 Å². The van der Waals surface area contributed by atoms with E-state index < -0.39 is 11.9 Å². The fourth-order valence-corrected chi connectivity index (χ4v) is 0.707. The molecule has 0 aliphatic carbocycles. The number of aliphatic hydroxyl groups is 1. The van der Waals surface area contributed by atoms with Gasteiger partial charge in [-0.3, -0.25) is 0 Å². The Hall–Kier alpha value is -1.62. The first kappa shape index (κ1) is 13.4. The van der Waals surface area contributed by atoms with Crippen molar-refractivity contribution in [1.82, 2.24) is 0 Å². The third-order valence-corrected chi connectivity index (χ3v) is 1.38. The number of unbranched alkanes of at least 4 members (excludes halogenated alkanes) is 1. The second-order valence-electron chi connectivity index (χ2n) is 2.65. The molecular weight excluding hydrogens is 200 g/mol. The number of esters is 1. The topological polar surface area (TPSA) is 83.8 Å². The first-order chi connectivity index (χ1) is 7.16. The zero-order valence-electron chi connectivity index (χ0n) is 8.26. The Morgan fingerprint density at radius 1 is 1.13 bits per heavy atom. The van der Waals surface area contributed by atoms with Gasteiger partial charge in [0.25, 0.3) is 0 Å². The summed E-state index contributed by atoms with van der Waals surface area (Å²) in [5.41, 5.74) is 0. The Bertz CT molecular complexity index is 255. The summed E-state index contributed by atoms with van der Waals surface area (Å²) in [6, 6.07) is 0. The van der Waals surface area contributed by atoms with E-state index in [1.165, 1.54) is 12.2 Å². The summed E-state index contributed by atoms with van der Waals surface area (Å²) in [4.78, 5) is 20.9. The average molecular weight is 214 g/mol. The van der Waals surface area contributed by atoms with Crippen molar-refractivity contribution in [2.75, 3.05) is 13.2 Å². The smallest absolute Gasteiger partial charge is 0.330 e. The molecule has 0 radical (unpaired) electrons. The van der Waals surface area contributed by atoms with E-state index >= 15 is 0 Å². The van der Waals surface area contributed by atoms with Gasteiger partial charge in [-0.1, -0.05) is 12.2 Å². The third-order valence-electron chi connectivity index (χ3n) is 1.38. The van der Waals surface area contributed by atoms with Crippen molar-refractivity contribution in [2.45, 2.75) is 12.8 Å². The molecule has 5 heteroatoms. The number of carboxylic acids is 1.